The first-order chi connectivity index (χ1) is 10.2. The highest BCUT2D eigenvalue weighted by Gasteiger charge is 2.30. The van der Waals surface area contributed by atoms with Crippen molar-refractivity contribution in [3.8, 4) is 0 Å². The van der Waals surface area contributed by atoms with Gasteiger partial charge in [-0.15, -0.1) is 0 Å². The molecule has 116 valence electrons. The third-order valence-corrected chi connectivity index (χ3v) is 3.77. The lowest BCUT2D eigenvalue weighted by atomic mass is 10.1. The van der Waals surface area contributed by atoms with Gasteiger partial charge in [-0.1, -0.05) is 6.07 Å². The number of halogens is 4. The van der Waals surface area contributed by atoms with Crippen LogP contribution in [0.4, 0.5) is 18.9 Å². The van der Waals surface area contributed by atoms with Crippen molar-refractivity contribution in [2.45, 2.75) is 20.0 Å². The van der Waals surface area contributed by atoms with E-state index in [9.17, 15) is 18.0 Å². The molecule has 0 atom stereocenters. The van der Waals surface area contributed by atoms with Crippen LogP contribution in [-0.2, 0) is 6.18 Å². The number of hydrogen-bond acceptors (Lipinski definition) is 1. The fourth-order valence-electron chi connectivity index (χ4n) is 2.07. The molecule has 0 aromatic heterocycles. The molecule has 0 unspecified atom stereocenters. The van der Waals surface area contributed by atoms with Gasteiger partial charge in [0.15, 0.2) is 0 Å². The molecule has 0 aliphatic rings. The van der Waals surface area contributed by atoms with E-state index in [0.717, 1.165) is 39.9 Å². The first kappa shape index (κ1) is 16.5. The summed E-state index contributed by atoms with van der Waals surface area (Å²) in [7, 11) is 0. The second-order valence-electron chi connectivity index (χ2n) is 4.97. The van der Waals surface area contributed by atoms with E-state index < -0.39 is 17.6 Å². The summed E-state index contributed by atoms with van der Waals surface area (Å²) >= 11 is 3.37. The second kappa shape index (κ2) is 6.12. The van der Waals surface area contributed by atoms with Crippen molar-refractivity contribution in [2.75, 3.05) is 5.32 Å². The molecule has 2 nitrogen and oxygen atoms in total. The maximum Gasteiger partial charge on any atom is 0.416 e. The zero-order chi connectivity index (χ0) is 16.5. The largest absolute Gasteiger partial charge is 0.416 e. The fraction of sp³-hybridized carbons (Fsp3) is 0.188. The van der Waals surface area contributed by atoms with E-state index in [-0.39, 0.29) is 5.56 Å². The lowest BCUT2D eigenvalue weighted by Crippen LogP contribution is -2.14. The van der Waals surface area contributed by atoms with Crippen LogP contribution in [0.25, 0.3) is 0 Å². The molecule has 0 spiro atoms. The summed E-state index contributed by atoms with van der Waals surface area (Å²) in [4.78, 5) is 12.2. The smallest absolute Gasteiger partial charge is 0.321 e. The summed E-state index contributed by atoms with van der Waals surface area (Å²) in [6.45, 7) is 3.78. The predicted octanol–water partition coefficient (Wildman–Crippen LogP) is 5.34. The van der Waals surface area contributed by atoms with Crippen molar-refractivity contribution in [1.29, 1.82) is 0 Å². The van der Waals surface area contributed by atoms with E-state index in [0.29, 0.717) is 5.69 Å². The molecule has 0 saturated carbocycles. The molecule has 6 heteroatoms. The van der Waals surface area contributed by atoms with Gasteiger partial charge in [0, 0.05) is 10.0 Å². The van der Waals surface area contributed by atoms with Crippen LogP contribution in [0, 0.1) is 13.8 Å². The number of aryl methyl sites for hydroxylation is 2. The lowest BCUT2D eigenvalue weighted by molar-refractivity contribution is -0.137. The zero-order valence-corrected chi connectivity index (χ0v) is 13.5. The minimum absolute atomic E-state index is 0.167. The van der Waals surface area contributed by atoms with E-state index in [4.69, 9.17) is 0 Å². The van der Waals surface area contributed by atoms with Crippen LogP contribution in [0.3, 0.4) is 0 Å². The highest BCUT2D eigenvalue weighted by molar-refractivity contribution is 9.10. The van der Waals surface area contributed by atoms with Crippen LogP contribution in [0.1, 0.15) is 27.0 Å². The molecular weight excluding hydrogens is 359 g/mol. The van der Waals surface area contributed by atoms with Crippen LogP contribution < -0.4 is 5.32 Å². The van der Waals surface area contributed by atoms with Gasteiger partial charge in [0.05, 0.1) is 11.3 Å². The Bertz CT molecular complexity index is 685. The van der Waals surface area contributed by atoms with Gasteiger partial charge >= 0.3 is 6.18 Å². The third-order valence-electron chi connectivity index (χ3n) is 3.14. The Balaban J connectivity index is 2.23. The minimum atomic E-state index is -4.41. The average molecular weight is 372 g/mol. The number of alkyl halides is 3. The molecular formula is C16H13BrF3NO. The second-order valence-corrected chi connectivity index (χ2v) is 5.82. The van der Waals surface area contributed by atoms with Gasteiger partial charge < -0.3 is 5.32 Å². The summed E-state index contributed by atoms with van der Waals surface area (Å²) in [5.41, 5.74) is 1.90. The molecule has 2 aromatic rings. The SMILES string of the molecule is Cc1cc(C)c(NC(=O)c2ccc(C(F)(F)F)cc2)c(Br)c1. The van der Waals surface area contributed by atoms with Gasteiger partial charge in [-0.3, -0.25) is 4.79 Å². The van der Waals surface area contributed by atoms with Crippen molar-refractivity contribution in [2.24, 2.45) is 0 Å². The Morgan fingerprint density at radius 2 is 1.68 bits per heavy atom. The molecule has 1 amide bonds. The van der Waals surface area contributed by atoms with Gasteiger partial charge in [0.2, 0.25) is 0 Å². The standard InChI is InChI=1S/C16H13BrF3NO/c1-9-7-10(2)14(13(17)8-9)21-15(22)11-3-5-12(6-4-11)16(18,19)20/h3-8H,1-2H3,(H,21,22). The molecule has 0 aliphatic carbocycles. The van der Waals surface area contributed by atoms with Crippen molar-refractivity contribution in [1.82, 2.24) is 0 Å². The Morgan fingerprint density at radius 3 is 2.18 bits per heavy atom. The molecule has 0 radical (unpaired) electrons. The number of rotatable bonds is 2. The highest BCUT2D eigenvalue weighted by atomic mass is 79.9. The first-order valence-electron chi connectivity index (χ1n) is 6.44. The quantitative estimate of drug-likeness (QED) is 0.758. The Hall–Kier alpha value is -1.82. The summed E-state index contributed by atoms with van der Waals surface area (Å²) in [6.07, 6.45) is -4.41. The molecule has 2 aromatic carbocycles. The van der Waals surface area contributed by atoms with Gasteiger partial charge in [-0.05, 0) is 71.2 Å². The molecule has 0 aliphatic heterocycles. The van der Waals surface area contributed by atoms with Crippen molar-refractivity contribution in [3.05, 3.63) is 63.1 Å². The van der Waals surface area contributed by atoms with Gasteiger partial charge in [-0.2, -0.15) is 13.2 Å². The topological polar surface area (TPSA) is 29.1 Å². The Labute approximate surface area is 134 Å². The van der Waals surface area contributed by atoms with E-state index in [1.165, 1.54) is 0 Å². The Morgan fingerprint density at radius 1 is 1.09 bits per heavy atom. The summed E-state index contributed by atoms with van der Waals surface area (Å²) < 4.78 is 38.2. The molecule has 1 N–H and O–H groups in total. The number of hydrogen-bond donors (Lipinski definition) is 1. The lowest BCUT2D eigenvalue weighted by Gasteiger charge is -2.12. The number of anilines is 1. The summed E-state index contributed by atoms with van der Waals surface area (Å²) in [5.74, 6) is -0.457. The first-order valence-corrected chi connectivity index (χ1v) is 7.23. The number of carbonyl (C=O) groups excluding carboxylic acids is 1. The van der Waals surface area contributed by atoms with Crippen molar-refractivity contribution < 1.29 is 18.0 Å². The summed E-state index contributed by atoms with van der Waals surface area (Å²) in [5, 5.41) is 2.71. The molecule has 0 fully saturated rings. The maximum absolute atomic E-state index is 12.5. The number of carbonyl (C=O) groups is 1. The van der Waals surface area contributed by atoms with E-state index in [2.05, 4.69) is 21.2 Å². The number of nitrogens with one attached hydrogen (secondary N) is 1. The van der Waals surface area contributed by atoms with Crippen molar-refractivity contribution >= 4 is 27.5 Å². The number of benzene rings is 2. The number of amides is 1. The third kappa shape index (κ3) is 3.68. The van der Waals surface area contributed by atoms with Gasteiger partial charge in [0.1, 0.15) is 0 Å². The summed E-state index contributed by atoms with van der Waals surface area (Å²) in [6, 6.07) is 7.88. The molecule has 0 bridgehead atoms. The van der Waals surface area contributed by atoms with E-state index in [1.54, 1.807) is 0 Å². The van der Waals surface area contributed by atoms with E-state index >= 15 is 0 Å². The zero-order valence-electron chi connectivity index (χ0n) is 11.9. The van der Waals surface area contributed by atoms with Crippen LogP contribution in [-0.4, -0.2) is 5.91 Å². The van der Waals surface area contributed by atoms with Gasteiger partial charge in [0.25, 0.3) is 5.91 Å². The fourth-order valence-corrected chi connectivity index (χ4v) is 2.84. The van der Waals surface area contributed by atoms with Crippen molar-refractivity contribution in [3.63, 3.8) is 0 Å². The van der Waals surface area contributed by atoms with Crippen LogP contribution in [0.2, 0.25) is 0 Å². The molecule has 22 heavy (non-hydrogen) atoms. The van der Waals surface area contributed by atoms with E-state index in [1.807, 2.05) is 26.0 Å². The van der Waals surface area contributed by atoms with Crippen LogP contribution >= 0.6 is 15.9 Å². The normalized spacial score (nSPS) is 11.4. The van der Waals surface area contributed by atoms with Crippen LogP contribution in [0.15, 0.2) is 40.9 Å². The molecule has 0 heterocycles. The van der Waals surface area contributed by atoms with Gasteiger partial charge in [-0.25, -0.2) is 0 Å². The predicted molar refractivity (Wildman–Crippen MR) is 83.0 cm³/mol. The maximum atomic E-state index is 12.5. The highest BCUT2D eigenvalue weighted by Crippen LogP contribution is 2.30. The Kier molecular flexibility index (Phi) is 4.60. The monoisotopic (exact) mass is 371 g/mol. The molecule has 2 rings (SSSR count). The average Bonchev–Trinajstić information content (AvgIpc) is 2.41. The van der Waals surface area contributed by atoms with Crippen LogP contribution in [0.5, 0.6) is 0 Å². The minimum Gasteiger partial charge on any atom is -0.321 e. The molecule has 0 saturated heterocycles.